The summed E-state index contributed by atoms with van der Waals surface area (Å²) in [6, 6.07) is 13.9. The summed E-state index contributed by atoms with van der Waals surface area (Å²) >= 11 is 0. The van der Waals surface area contributed by atoms with E-state index in [-0.39, 0.29) is 0 Å². The minimum atomic E-state index is -1.43. The van der Waals surface area contributed by atoms with Crippen LogP contribution in [0.25, 0.3) is 10.8 Å². The van der Waals surface area contributed by atoms with Crippen LogP contribution in [0, 0.1) is 0 Å². The third kappa shape index (κ3) is 3.39. The maximum Gasteiger partial charge on any atom is 0.271 e. The standard InChI is InChI=1S/C15H16N2O2/c1-15(2,19)14(18)17-16-10-11-7-8-12-5-3-4-6-13(12)9-11/h3-10,19H,1-2H3,(H,17,18)/b16-10-. The van der Waals surface area contributed by atoms with Crippen LogP contribution in [0.4, 0.5) is 0 Å². The highest BCUT2D eigenvalue weighted by molar-refractivity contribution is 5.91. The first kappa shape index (κ1) is 13.2. The first-order valence-corrected chi connectivity index (χ1v) is 6.01. The van der Waals surface area contributed by atoms with Crippen LogP contribution in [0.5, 0.6) is 0 Å². The Morgan fingerprint density at radius 1 is 1.21 bits per heavy atom. The summed E-state index contributed by atoms with van der Waals surface area (Å²) in [5, 5.41) is 15.5. The number of carbonyl (C=O) groups is 1. The van der Waals surface area contributed by atoms with Gasteiger partial charge in [-0.3, -0.25) is 4.79 Å². The van der Waals surface area contributed by atoms with Gasteiger partial charge in [-0.2, -0.15) is 5.10 Å². The highest BCUT2D eigenvalue weighted by Crippen LogP contribution is 2.14. The van der Waals surface area contributed by atoms with Gasteiger partial charge in [-0.1, -0.05) is 36.4 Å². The molecule has 2 N–H and O–H groups in total. The molecular formula is C15H16N2O2. The van der Waals surface area contributed by atoms with E-state index >= 15 is 0 Å². The van der Waals surface area contributed by atoms with E-state index in [4.69, 9.17) is 0 Å². The Morgan fingerprint density at radius 3 is 2.58 bits per heavy atom. The second-order valence-electron chi connectivity index (χ2n) is 4.86. The topological polar surface area (TPSA) is 61.7 Å². The molecule has 0 saturated carbocycles. The minimum absolute atomic E-state index is 0.537. The van der Waals surface area contributed by atoms with Gasteiger partial charge < -0.3 is 5.11 Å². The lowest BCUT2D eigenvalue weighted by Gasteiger charge is -2.13. The Bertz CT molecular complexity index is 627. The van der Waals surface area contributed by atoms with E-state index in [2.05, 4.69) is 10.5 Å². The van der Waals surface area contributed by atoms with Crippen LogP contribution in [0.15, 0.2) is 47.6 Å². The van der Waals surface area contributed by atoms with Gasteiger partial charge in [0.1, 0.15) is 5.60 Å². The maximum absolute atomic E-state index is 11.4. The van der Waals surface area contributed by atoms with Crippen molar-refractivity contribution in [2.75, 3.05) is 0 Å². The van der Waals surface area contributed by atoms with Crippen LogP contribution in [0.2, 0.25) is 0 Å². The fourth-order valence-corrected chi connectivity index (χ4v) is 1.59. The molecule has 0 aliphatic heterocycles. The minimum Gasteiger partial charge on any atom is -0.381 e. The van der Waals surface area contributed by atoms with Gasteiger partial charge in [-0.15, -0.1) is 0 Å². The molecule has 0 unspecified atom stereocenters. The Hall–Kier alpha value is -2.20. The molecule has 0 aliphatic carbocycles. The molecule has 0 bridgehead atoms. The quantitative estimate of drug-likeness (QED) is 0.652. The zero-order valence-corrected chi connectivity index (χ0v) is 10.9. The number of hydrazone groups is 1. The highest BCUT2D eigenvalue weighted by Gasteiger charge is 2.22. The van der Waals surface area contributed by atoms with Crippen molar-refractivity contribution in [2.24, 2.45) is 5.10 Å². The summed E-state index contributed by atoms with van der Waals surface area (Å²) < 4.78 is 0. The van der Waals surface area contributed by atoms with Gasteiger partial charge in [0.25, 0.3) is 5.91 Å². The Morgan fingerprint density at radius 2 is 1.89 bits per heavy atom. The van der Waals surface area contributed by atoms with Crippen molar-refractivity contribution >= 4 is 22.9 Å². The SMILES string of the molecule is CC(C)(O)C(=O)N/N=C\c1ccc2ccccc2c1. The summed E-state index contributed by atoms with van der Waals surface area (Å²) in [6.07, 6.45) is 1.55. The second-order valence-corrected chi connectivity index (χ2v) is 4.86. The van der Waals surface area contributed by atoms with Gasteiger partial charge in [0.15, 0.2) is 0 Å². The van der Waals surface area contributed by atoms with Crippen LogP contribution in [-0.2, 0) is 4.79 Å². The van der Waals surface area contributed by atoms with E-state index in [9.17, 15) is 9.90 Å². The van der Waals surface area contributed by atoms with Crippen molar-refractivity contribution in [3.8, 4) is 0 Å². The molecule has 0 fully saturated rings. The lowest BCUT2D eigenvalue weighted by molar-refractivity contribution is -0.136. The zero-order chi connectivity index (χ0) is 13.9. The second kappa shape index (κ2) is 5.20. The molecule has 2 aromatic rings. The summed E-state index contributed by atoms with van der Waals surface area (Å²) in [5.41, 5.74) is 1.75. The van der Waals surface area contributed by atoms with Crippen LogP contribution in [-0.4, -0.2) is 22.8 Å². The van der Waals surface area contributed by atoms with Crippen molar-refractivity contribution in [3.63, 3.8) is 0 Å². The Kier molecular flexibility index (Phi) is 3.62. The van der Waals surface area contributed by atoms with E-state index in [1.165, 1.54) is 13.8 Å². The highest BCUT2D eigenvalue weighted by atomic mass is 16.3. The van der Waals surface area contributed by atoms with Gasteiger partial charge in [0.05, 0.1) is 6.21 Å². The molecule has 0 saturated heterocycles. The fraction of sp³-hybridized carbons (Fsp3) is 0.200. The smallest absolute Gasteiger partial charge is 0.271 e. The summed E-state index contributed by atoms with van der Waals surface area (Å²) in [5.74, 6) is -0.537. The molecular weight excluding hydrogens is 240 g/mol. The van der Waals surface area contributed by atoms with Gasteiger partial charge >= 0.3 is 0 Å². The Labute approximate surface area is 111 Å². The normalized spacial score (nSPS) is 11.9. The molecule has 0 spiro atoms. The molecule has 0 heterocycles. The van der Waals surface area contributed by atoms with Crippen LogP contribution < -0.4 is 5.43 Å². The molecule has 0 aliphatic rings. The van der Waals surface area contributed by atoms with Crippen LogP contribution >= 0.6 is 0 Å². The molecule has 2 aromatic carbocycles. The number of nitrogens with one attached hydrogen (secondary N) is 1. The monoisotopic (exact) mass is 256 g/mol. The van der Waals surface area contributed by atoms with Gasteiger partial charge in [-0.05, 0) is 36.2 Å². The molecule has 19 heavy (non-hydrogen) atoms. The lowest BCUT2D eigenvalue weighted by atomic mass is 10.1. The zero-order valence-electron chi connectivity index (χ0n) is 10.9. The van der Waals surface area contributed by atoms with Crippen LogP contribution in [0.1, 0.15) is 19.4 Å². The number of nitrogens with zero attached hydrogens (tertiary/aromatic N) is 1. The van der Waals surface area contributed by atoms with Gasteiger partial charge in [-0.25, -0.2) is 5.43 Å². The lowest BCUT2D eigenvalue weighted by Crippen LogP contribution is -2.39. The molecule has 2 rings (SSSR count). The number of hydrogen-bond acceptors (Lipinski definition) is 3. The molecule has 4 nitrogen and oxygen atoms in total. The number of hydrogen-bond donors (Lipinski definition) is 2. The van der Waals surface area contributed by atoms with Crippen molar-refractivity contribution in [1.82, 2.24) is 5.43 Å². The van der Waals surface area contributed by atoms with E-state index in [1.807, 2.05) is 42.5 Å². The Balaban J connectivity index is 2.11. The van der Waals surface area contributed by atoms with E-state index < -0.39 is 11.5 Å². The molecule has 0 atom stereocenters. The van der Waals surface area contributed by atoms with Gasteiger partial charge in [0, 0.05) is 0 Å². The largest absolute Gasteiger partial charge is 0.381 e. The predicted octanol–water partition coefficient (Wildman–Crippen LogP) is 2.06. The van der Waals surface area contributed by atoms with Gasteiger partial charge in [0.2, 0.25) is 0 Å². The number of fused-ring (bicyclic) bond motifs is 1. The molecule has 1 amide bonds. The van der Waals surface area contributed by atoms with E-state index in [1.54, 1.807) is 6.21 Å². The third-order valence-electron chi connectivity index (χ3n) is 2.71. The van der Waals surface area contributed by atoms with Crippen LogP contribution in [0.3, 0.4) is 0 Å². The number of amides is 1. The summed E-state index contributed by atoms with van der Waals surface area (Å²) in [4.78, 5) is 11.4. The van der Waals surface area contributed by atoms with E-state index in [0.29, 0.717) is 0 Å². The first-order chi connectivity index (χ1) is 8.97. The summed E-state index contributed by atoms with van der Waals surface area (Å²) in [6.45, 7) is 2.82. The molecule has 98 valence electrons. The number of benzene rings is 2. The van der Waals surface area contributed by atoms with Crippen molar-refractivity contribution in [2.45, 2.75) is 19.4 Å². The van der Waals surface area contributed by atoms with E-state index in [0.717, 1.165) is 16.3 Å². The number of aliphatic hydroxyl groups is 1. The molecule has 0 radical (unpaired) electrons. The maximum atomic E-state index is 11.4. The number of carbonyl (C=O) groups excluding carboxylic acids is 1. The van der Waals surface area contributed by atoms with Crippen molar-refractivity contribution in [1.29, 1.82) is 0 Å². The fourth-order valence-electron chi connectivity index (χ4n) is 1.59. The first-order valence-electron chi connectivity index (χ1n) is 6.01. The summed E-state index contributed by atoms with van der Waals surface area (Å²) in [7, 11) is 0. The van der Waals surface area contributed by atoms with Crippen molar-refractivity contribution in [3.05, 3.63) is 48.0 Å². The third-order valence-corrected chi connectivity index (χ3v) is 2.71. The average Bonchev–Trinajstić information content (AvgIpc) is 2.37. The number of rotatable bonds is 3. The predicted molar refractivity (Wildman–Crippen MR) is 76.0 cm³/mol. The molecule has 4 heteroatoms. The van der Waals surface area contributed by atoms with Crippen molar-refractivity contribution < 1.29 is 9.90 Å². The molecule has 0 aromatic heterocycles. The average molecular weight is 256 g/mol.